The zero-order chi connectivity index (χ0) is 10.3. The van der Waals surface area contributed by atoms with Crippen LogP contribution in [0, 0.1) is 0 Å². The molecule has 7 heteroatoms. The van der Waals surface area contributed by atoms with E-state index in [-0.39, 0.29) is 57.1 Å². The Bertz CT molecular complexity index is 166. The van der Waals surface area contributed by atoms with Gasteiger partial charge >= 0.3 is 58.4 Å². The van der Waals surface area contributed by atoms with Crippen LogP contribution in [0.5, 0.6) is 0 Å². The third-order valence-corrected chi connectivity index (χ3v) is 2.54. The molecule has 0 heterocycles. The van der Waals surface area contributed by atoms with Crippen molar-refractivity contribution in [2.45, 2.75) is 6.42 Å². The molecule has 0 atom stereocenters. The van der Waals surface area contributed by atoms with Gasteiger partial charge in [0.1, 0.15) is 0 Å². The van der Waals surface area contributed by atoms with Crippen LogP contribution in [0.15, 0.2) is 12.1 Å². The molecule has 0 fully saturated rings. The van der Waals surface area contributed by atoms with Crippen LogP contribution in [0.2, 0.25) is 0 Å². The van der Waals surface area contributed by atoms with Crippen molar-refractivity contribution in [1.29, 1.82) is 0 Å². The maximum atomic E-state index is 11.9. The first kappa shape index (κ1) is 17.9. The van der Waals surface area contributed by atoms with Crippen molar-refractivity contribution >= 4 is 18.7 Å². The van der Waals surface area contributed by atoms with Crippen molar-refractivity contribution in [3.8, 4) is 0 Å². The second-order valence-electron chi connectivity index (χ2n) is 2.63. The first-order chi connectivity index (χ1) is 5.98. The van der Waals surface area contributed by atoms with Gasteiger partial charge in [0, 0.05) is 13.7 Å². The molecule has 1 nitrogen and oxygen atoms in total. The zero-order valence-corrected chi connectivity index (χ0v) is 12.5. The largest absolute Gasteiger partial charge is 1.00 e. The normalized spacial score (nSPS) is 10.9. The van der Waals surface area contributed by atoms with Gasteiger partial charge in [0.25, 0.3) is 0 Å². The van der Waals surface area contributed by atoms with Gasteiger partial charge < -0.3 is 17.7 Å². The van der Waals surface area contributed by atoms with Crippen molar-refractivity contribution in [1.82, 2.24) is 0 Å². The quantitative estimate of drug-likeness (QED) is 0.454. The van der Waals surface area contributed by atoms with Crippen molar-refractivity contribution in [3.05, 3.63) is 12.1 Å². The number of hydrogen-bond donors (Lipinski definition) is 0. The fraction of sp³-hybridized carbons (Fsp3) is 0.714. The molecule has 0 rings (SSSR count). The van der Waals surface area contributed by atoms with E-state index in [1.165, 1.54) is 11.8 Å². The molecule has 0 radical (unpaired) electrons. The molecule has 0 aliphatic rings. The number of halogens is 3. The molecule has 0 aliphatic carbocycles. The van der Waals surface area contributed by atoms with E-state index in [9.17, 15) is 12.9 Å². The van der Waals surface area contributed by atoms with Crippen molar-refractivity contribution in [2.75, 3.05) is 25.2 Å². The van der Waals surface area contributed by atoms with E-state index in [1.807, 2.05) is 0 Å². The molecule has 0 spiro atoms. The Morgan fingerprint density at radius 2 is 2.00 bits per heavy atom. The molecule has 0 aromatic carbocycles. The summed E-state index contributed by atoms with van der Waals surface area (Å²) in [6, 6.07) is 0. The van der Waals surface area contributed by atoms with Crippen LogP contribution in [-0.4, -0.2) is 32.2 Å². The Kier molecular flexibility index (Phi) is 12.5. The fourth-order valence-electron chi connectivity index (χ4n) is 0.603. The average molecular weight is 252 g/mol. The summed E-state index contributed by atoms with van der Waals surface area (Å²) >= 11 is 1.24. The van der Waals surface area contributed by atoms with Gasteiger partial charge in [-0.15, -0.1) is 12.1 Å². The summed E-state index contributed by atoms with van der Waals surface area (Å²) in [5, 5.41) is 0. The van der Waals surface area contributed by atoms with Gasteiger partial charge in [-0.25, -0.2) is 0 Å². The predicted octanol–water partition coefficient (Wildman–Crippen LogP) is -0.297. The third kappa shape index (κ3) is 10.1. The minimum absolute atomic E-state index is 0. The van der Waals surface area contributed by atoms with Gasteiger partial charge in [-0.3, -0.25) is 0 Å². The van der Waals surface area contributed by atoms with Crippen molar-refractivity contribution < 1.29 is 69.1 Å². The SMILES string of the molecule is C=C(CSCCCOC)[B-](F)(F)F.[K+]. The van der Waals surface area contributed by atoms with Gasteiger partial charge in [0.15, 0.2) is 0 Å². The summed E-state index contributed by atoms with van der Waals surface area (Å²) in [7, 11) is 1.57. The van der Waals surface area contributed by atoms with E-state index in [0.717, 1.165) is 6.42 Å². The molecule has 0 unspecified atom stereocenters. The molecule has 0 bridgehead atoms. The number of rotatable bonds is 7. The third-order valence-electron chi connectivity index (χ3n) is 1.39. The maximum absolute atomic E-state index is 11.9. The molecule has 0 aromatic heterocycles. The molecule has 0 amide bonds. The maximum Gasteiger partial charge on any atom is 1.00 e. The fourth-order valence-corrected chi connectivity index (χ4v) is 1.52. The molecule has 0 N–H and O–H groups in total. The number of methoxy groups -OCH3 is 1. The zero-order valence-electron chi connectivity index (χ0n) is 8.56. The Hall–Kier alpha value is 1.54. The monoisotopic (exact) mass is 252 g/mol. The summed E-state index contributed by atoms with van der Waals surface area (Å²) in [6.07, 6.45) is 0.777. The Balaban J connectivity index is 0. The van der Waals surface area contributed by atoms with E-state index in [1.54, 1.807) is 7.11 Å². The minimum atomic E-state index is -4.84. The molecule has 0 saturated heterocycles. The Morgan fingerprint density at radius 3 is 2.43 bits per heavy atom. The number of hydrogen-bond acceptors (Lipinski definition) is 2. The standard InChI is InChI=1S/C7H13BF3OS.K/c1-7(8(9,10)11)6-13-5-3-4-12-2;/h1,3-6H2,2H3;/q-1;+1. The summed E-state index contributed by atoms with van der Waals surface area (Å²) in [4.78, 5) is 0. The number of thioether (sulfide) groups is 1. The summed E-state index contributed by atoms with van der Waals surface area (Å²) in [5.74, 6) is 0.659. The Morgan fingerprint density at radius 1 is 1.43 bits per heavy atom. The van der Waals surface area contributed by atoms with Crippen LogP contribution < -0.4 is 51.4 Å². The average Bonchev–Trinajstić information content (AvgIpc) is 2.02. The van der Waals surface area contributed by atoms with Crippen LogP contribution in [0.1, 0.15) is 6.42 Å². The number of ether oxygens (including phenoxy) is 1. The topological polar surface area (TPSA) is 9.23 Å². The van der Waals surface area contributed by atoms with Crippen LogP contribution in [-0.2, 0) is 4.74 Å². The summed E-state index contributed by atoms with van der Waals surface area (Å²) in [6.45, 7) is -1.25. The summed E-state index contributed by atoms with van der Waals surface area (Å²) in [5.41, 5.74) is -0.609. The van der Waals surface area contributed by atoms with E-state index in [0.29, 0.717) is 12.4 Å². The summed E-state index contributed by atoms with van der Waals surface area (Å²) < 4.78 is 40.6. The van der Waals surface area contributed by atoms with Crippen molar-refractivity contribution in [3.63, 3.8) is 0 Å². The smallest absolute Gasteiger partial charge is 0.445 e. The molecule has 0 saturated carbocycles. The van der Waals surface area contributed by atoms with E-state index >= 15 is 0 Å². The second kappa shape index (κ2) is 9.75. The minimum Gasteiger partial charge on any atom is -0.445 e. The molecule has 0 aliphatic heterocycles. The molecule has 0 aromatic rings. The molecule has 14 heavy (non-hydrogen) atoms. The van der Waals surface area contributed by atoms with E-state index < -0.39 is 12.4 Å². The predicted molar refractivity (Wildman–Crippen MR) is 52.0 cm³/mol. The van der Waals surface area contributed by atoms with Crippen LogP contribution in [0.3, 0.4) is 0 Å². The van der Waals surface area contributed by atoms with Crippen LogP contribution in [0.25, 0.3) is 0 Å². The van der Waals surface area contributed by atoms with Crippen molar-refractivity contribution in [2.24, 2.45) is 0 Å². The van der Waals surface area contributed by atoms with Gasteiger partial charge in [-0.05, 0) is 17.9 Å². The van der Waals surface area contributed by atoms with Gasteiger partial charge in [0.05, 0.1) is 0 Å². The van der Waals surface area contributed by atoms with Gasteiger partial charge in [-0.1, -0.05) is 0 Å². The molecule has 78 valence electrons. The Labute approximate surface area is 130 Å². The molecular weight excluding hydrogens is 239 g/mol. The first-order valence-corrected chi connectivity index (χ1v) is 5.08. The van der Waals surface area contributed by atoms with E-state index in [2.05, 4.69) is 6.58 Å². The first-order valence-electron chi connectivity index (χ1n) is 3.92. The van der Waals surface area contributed by atoms with Crippen LogP contribution in [0.4, 0.5) is 12.9 Å². The van der Waals surface area contributed by atoms with Gasteiger partial charge in [-0.2, -0.15) is 11.8 Å². The molecular formula is C7H13BF3KOS. The van der Waals surface area contributed by atoms with E-state index in [4.69, 9.17) is 4.74 Å². The van der Waals surface area contributed by atoms with Crippen LogP contribution >= 0.6 is 11.8 Å². The van der Waals surface area contributed by atoms with Gasteiger partial charge in [0.2, 0.25) is 0 Å². The second-order valence-corrected chi connectivity index (χ2v) is 3.74.